The zero-order chi connectivity index (χ0) is 11.5. The second kappa shape index (κ2) is 4.60. The van der Waals surface area contributed by atoms with Crippen LogP contribution in [0.4, 0.5) is 0 Å². The van der Waals surface area contributed by atoms with Gasteiger partial charge in [-0.25, -0.2) is 4.98 Å². The summed E-state index contributed by atoms with van der Waals surface area (Å²) in [4.78, 5) is 22.1. The molecule has 0 aliphatic heterocycles. The summed E-state index contributed by atoms with van der Waals surface area (Å²) in [5.41, 5.74) is 0.454. The topological polar surface area (TPSA) is 46.1 Å². The standard InChI is InChI=1S/C12H17N3O/c1-9(2)8-15(10-3-4-10)12(16)11-7-13-5-6-14-11/h5-7,9-10H,3-4,8H2,1-2H3. The molecular formula is C12H17N3O. The van der Waals surface area contributed by atoms with E-state index in [9.17, 15) is 4.79 Å². The SMILES string of the molecule is CC(C)CN(C(=O)c1cnccn1)C1CC1. The van der Waals surface area contributed by atoms with Crippen molar-refractivity contribution in [3.8, 4) is 0 Å². The molecule has 1 aliphatic rings. The van der Waals surface area contributed by atoms with Crippen molar-refractivity contribution in [2.45, 2.75) is 32.7 Å². The first-order chi connectivity index (χ1) is 7.68. The van der Waals surface area contributed by atoms with Gasteiger partial charge in [-0.3, -0.25) is 9.78 Å². The Hall–Kier alpha value is -1.45. The third-order valence-electron chi connectivity index (χ3n) is 2.59. The Balaban J connectivity index is 2.11. The summed E-state index contributed by atoms with van der Waals surface area (Å²) in [6.45, 7) is 5.05. The Bertz CT molecular complexity index is 360. The Morgan fingerprint density at radius 3 is 2.75 bits per heavy atom. The summed E-state index contributed by atoms with van der Waals surface area (Å²) in [6, 6.07) is 0.428. The molecule has 0 radical (unpaired) electrons. The molecule has 0 bridgehead atoms. The van der Waals surface area contributed by atoms with E-state index in [2.05, 4.69) is 23.8 Å². The highest BCUT2D eigenvalue weighted by Gasteiger charge is 2.33. The molecule has 1 aromatic rings. The number of carbonyl (C=O) groups excluding carboxylic acids is 1. The molecule has 1 fully saturated rings. The van der Waals surface area contributed by atoms with Crippen molar-refractivity contribution in [1.29, 1.82) is 0 Å². The van der Waals surface area contributed by atoms with Crippen LogP contribution in [0.2, 0.25) is 0 Å². The van der Waals surface area contributed by atoms with Gasteiger partial charge in [-0.1, -0.05) is 13.8 Å². The number of rotatable bonds is 4. The van der Waals surface area contributed by atoms with Crippen LogP contribution in [0, 0.1) is 5.92 Å². The first-order valence-electron chi connectivity index (χ1n) is 5.75. The first kappa shape index (κ1) is 11.0. The molecule has 2 rings (SSSR count). The minimum absolute atomic E-state index is 0.0179. The van der Waals surface area contributed by atoms with Crippen molar-refractivity contribution in [1.82, 2.24) is 14.9 Å². The average Bonchev–Trinajstić information content (AvgIpc) is 3.10. The normalized spacial score (nSPS) is 15.2. The van der Waals surface area contributed by atoms with Gasteiger partial charge in [-0.15, -0.1) is 0 Å². The van der Waals surface area contributed by atoms with E-state index < -0.39 is 0 Å². The highest BCUT2D eigenvalue weighted by molar-refractivity contribution is 5.92. The average molecular weight is 219 g/mol. The maximum Gasteiger partial charge on any atom is 0.274 e. The van der Waals surface area contributed by atoms with Crippen molar-refractivity contribution in [3.05, 3.63) is 24.3 Å². The van der Waals surface area contributed by atoms with Crippen LogP contribution in [0.3, 0.4) is 0 Å². The summed E-state index contributed by atoms with van der Waals surface area (Å²) in [5.74, 6) is 0.505. The molecule has 1 heterocycles. The van der Waals surface area contributed by atoms with Gasteiger partial charge in [0.25, 0.3) is 5.91 Å². The predicted octanol–water partition coefficient (Wildman–Crippen LogP) is 1.74. The Kier molecular flexibility index (Phi) is 3.17. The number of hydrogen-bond donors (Lipinski definition) is 0. The molecule has 0 atom stereocenters. The van der Waals surface area contributed by atoms with Gasteiger partial charge in [-0.2, -0.15) is 0 Å². The molecule has 0 N–H and O–H groups in total. The molecule has 0 saturated heterocycles. The number of nitrogens with zero attached hydrogens (tertiary/aromatic N) is 3. The van der Waals surface area contributed by atoms with Gasteiger partial charge in [0, 0.05) is 25.0 Å². The summed E-state index contributed by atoms with van der Waals surface area (Å²) in [6.07, 6.45) is 6.93. The number of hydrogen-bond acceptors (Lipinski definition) is 3. The summed E-state index contributed by atoms with van der Waals surface area (Å²) >= 11 is 0. The smallest absolute Gasteiger partial charge is 0.274 e. The summed E-state index contributed by atoms with van der Waals surface area (Å²) < 4.78 is 0. The Morgan fingerprint density at radius 2 is 2.25 bits per heavy atom. The summed E-state index contributed by atoms with van der Waals surface area (Å²) in [5, 5.41) is 0. The van der Waals surface area contributed by atoms with E-state index in [-0.39, 0.29) is 5.91 Å². The summed E-state index contributed by atoms with van der Waals surface area (Å²) in [7, 11) is 0. The Morgan fingerprint density at radius 1 is 1.50 bits per heavy atom. The van der Waals surface area contributed by atoms with Gasteiger partial charge in [-0.05, 0) is 18.8 Å². The van der Waals surface area contributed by atoms with E-state index in [1.54, 1.807) is 12.4 Å². The molecular weight excluding hydrogens is 202 g/mol. The second-order valence-electron chi connectivity index (χ2n) is 4.67. The lowest BCUT2D eigenvalue weighted by molar-refractivity contribution is 0.0716. The number of amides is 1. The van der Waals surface area contributed by atoms with E-state index in [1.165, 1.54) is 6.20 Å². The lowest BCUT2D eigenvalue weighted by Gasteiger charge is -2.23. The maximum absolute atomic E-state index is 12.2. The van der Waals surface area contributed by atoms with E-state index >= 15 is 0 Å². The van der Waals surface area contributed by atoms with E-state index in [1.807, 2.05) is 4.90 Å². The van der Waals surface area contributed by atoms with Crippen LogP contribution in [0.25, 0.3) is 0 Å². The fourth-order valence-electron chi connectivity index (χ4n) is 1.73. The van der Waals surface area contributed by atoms with Crippen LogP contribution in [-0.2, 0) is 0 Å². The highest BCUT2D eigenvalue weighted by Crippen LogP contribution is 2.28. The van der Waals surface area contributed by atoms with Crippen LogP contribution in [0.5, 0.6) is 0 Å². The quantitative estimate of drug-likeness (QED) is 0.774. The molecule has 0 aromatic carbocycles. The number of carbonyl (C=O) groups is 1. The second-order valence-corrected chi connectivity index (χ2v) is 4.67. The van der Waals surface area contributed by atoms with Crippen LogP contribution in [0.15, 0.2) is 18.6 Å². The number of aromatic nitrogens is 2. The van der Waals surface area contributed by atoms with E-state index in [0.29, 0.717) is 17.7 Å². The fourth-order valence-corrected chi connectivity index (χ4v) is 1.73. The predicted molar refractivity (Wildman–Crippen MR) is 60.9 cm³/mol. The van der Waals surface area contributed by atoms with Crippen LogP contribution < -0.4 is 0 Å². The van der Waals surface area contributed by atoms with Gasteiger partial charge in [0.05, 0.1) is 6.20 Å². The van der Waals surface area contributed by atoms with E-state index in [0.717, 1.165) is 19.4 Å². The molecule has 1 amide bonds. The molecule has 4 nitrogen and oxygen atoms in total. The van der Waals surface area contributed by atoms with Gasteiger partial charge in [0.2, 0.25) is 0 Å². The van der Waals surface area contributed by atoms with E-state index in [4.69, 9.17) is 0 Å². The molecule has 0 unspecified atom stereocenters. The molecule has 4 heteroatoms. The Labute approximate surface area is 95.7 Å². The zero-order valence-corrected chi connectivity index (χ0v) is 9.76. The fraction of sp³-hybridized carbons (Fsp3) is 0.583. The van der Waals surface area contributed by atoms with Crippen LogP contribution >= 0.6 is 0 Å². The van der Waals surface area contributed by atoms with Crippen molar-refractivity contribution in [2.75, 3.05) is 6.54 Å². The highest BCUT2D eigenvalue weighted by atomic mass is 16.2. The largest absolute Gasteiger partial charge is 0.334 e. The van der Waals surface area contributed by atoms with Crippen molar-refractivity contribution < 1.29 is 4.79 Å². The van der Waals surface area contributed by atoms with Gasteiger partial charge in [0.1, 0.15) is 5.69 Å². The van der Waals surface area contributed by atoms with Crippen molar-refractivity contribution >= 4 is 5.91 Å². The molecule has 16 heavy (non-hydrogen) atoms. The van der Waals surface area contributed by atoms with Gasteiger partial charge in [0.15, 0.2) is 0 Å². The van der Waals surface area contributed by atoms with Crippen molar-refractivity contribution in [3.63, 3.8) is 0 Å². The molecule has 1 aromatic heterocycles. The molecule has 0 spiro atoms. The molecule has 1 aliphatic carbocycles. The maximum atomic E-state index is 12.2. The lowest BCUT2D eigenvalue weighted by Crippen LogP contribution is -2.36. The monoisotopic (exact) mass is 219 g/mol. The minimum Gasteiger partial charge on any atom is -0.334 e. The van der Waals surface area contributed by atoms with Crippen LogP contribution in [0.1, 0.15) is 37.2 Å². The molecule has 86 valence electrons. The lowest BCUT2D eigenvalue weighted by atomic mass is 10.2. The third-order valence-corrected chi connectivity index (χ3v) is 2.59. The minimum atomic E-state index is 0.0179. The zero-order valence-electron chi connectivity index (χ0n) is 9.76. The third kappa shape index (κ3) is 2.56. The van der Waals surface area contributed by atoms with Crippen molar-refractivity contribution in [2.24, 2.45) is 5.92 Å². The van der Waals surface area contributed by atoms with Gasteiger partial charge < -0.3 is 4.90 Å². The first-order valence-corrected chi connectivity index (χ1v) is 5.75. The van der Waals surface area contributed by atoms with Crippen LogP contribution in [-0.4, -0.2) is 33.4 Å². The van der Waals surface area contributed by atoms with Gasteiger partial charge >= 0.3 is 0 Å². The molecule has 1 saturated carbocycles.